The van der Waals surface area contributed by atoms with Crippen molar-refractivity contribution in [1.82, 2.24) is 15.0 Å². The lowest BCUT2D eigenvalue weighted by Crippen LogP contribution is -2.38. The Balaban J connectivity index is 1.26. The fourth-order valence-electron chi connectivity index (χ4n) is 3.79. The Bertz CT molecular complexity index is 724. The molecule has 4 rings (SSSR count). The zero-order valence-corrected chi connectivity index (χ0v) is 15.3. The number of aromatic nitrogens is 2. The zero-order chi connectivity index (χ0) is 17.8. The summed E-state index contributed by atoms with van der Waals surface area (Å²) >= 11 is 0. The third-order valence-electron chi connectivity index (χ3n) is 5.50. The summed E-state index contributed by atoms with van der Waals surface area (Å²) in [6, 6.07) is 10.3. The van der Waals surface area contributed by atoms with Gasteiger partial charge in [0, 0.05) is 25.3 Å². The molecule has 0 spiro atoms. The fourth-order valence-corrected chi connectivity index (χ4v) is 3.79. The van der Waals surface area contributed by atoms with Crippen LogP contribution < -0.4 is 0 Å². The first-order valence-electron chi connectivity index (χ1n) is 9.87. The maximum atomic E-state index is 12.6. The number of carbonyl (C=O) groups excluding carboxylic acids is 1. The SMILES string of the molecule is O=C(CCc1ccccc1)[C@H]1CCCN(Cc2nc(CC3CC3)no2)C1. The smallest absolute Gasteiger partial charge is 0.240 e. The second-order valence-electron chi connectivity index (χ2n) is 7.78. The average molecular weight is 353 g/mol. The van der Waals surface area contributed by atoms with E-state index in [1.54, 1.807) is 0 Å². The lowest BCUT2D eigenvalue weighted by atomic mass is 9.90. The van der Waals surface area contributed by atoms with E-state index in [0.717, 1.165) is 50.5 Å². The molecule has 0 amide bonds. The molecule has 1 saturated heterocycles. The van der Waals surface area contributed by atoms with Gasteiger partial charge in [0.2, 0.25) is 5.89 Å². The van der Waals surface area contributed by atoms with Crippen molar-refractivity contribution in [2.75, 3.05) is 13.1 Å². The second-order valence-corrected chi connectivity index (χ2v) is 7.78. The maximum Gasteiger partial charge on any atom is 0.240 e. The topological polar surface area (TPSA) is 59.2 Å². The van der Waals surface area contributed by atoms with E-state index in [0.29, 0.717) is 24.6 Å². The predicted octanol–water partition coefficient (Wildman–Crippen LogP) is 3.44. The van der Waals surface area contributed by atoms with E-state index >= 15 is 0 Å². The molecule has 0 radical (unpaired) electrons. The van der Waals surface area contributed by atoms with Gasteiger partial charge in [-0.2, -0.15) is 4.98 Å². The number of carbonyl (C=O) groups is 1. The van der Waals surface area contributed by atoms with Gasteiger partial charge < -0.3 is 4.52 Å². The zero-order valence-electron chi connectivity index (χ0n) is 15.3. The quantitative estimate of drug-likeness (QED) is 0.728. The van der Waals surface area contributed by atoms with Crippen LogP contribution in [0.1, 0.15) is 49.4 Å². The number of aryl methyl sites for hydroxylation is 1. The normalized spacial score (nSPS) is 21.0. The lowest BCUT2D eigenvalue weighted by molar-refractivity contribution is -0.124. The minimum Gasteiger partial charge on any atom is -0.338 e. The predicted molar refractivity (Wildman–Crippen MR) is 98.5 cm³/mol. The van der Waals surface area contributed by atoms with Gasteiger partial charge in [0.05, 0.1) is 6.54 Å². The van der Waals surface area contributed by atoms with E-state index in [1.165, 1.54) is 18.4 Å². The van der Waals surface area contributed by atoms with Crippen LogP contribution in [0, 0.1) is 11.8 Å². The maximum absolute atomic E-state index is 12.6. The number of nitrogens with zero attached hydrogens (tertiary/aromatic N) is 3. The van der Waals surface area contributed by atoms with Gasteiger partial charge in [0.25, 0.3) is 0 Å². The number of piperidine rings is 1. The van der Waals surface area contributed by atoms with Crippen molar-refractivity contribution in [3.63, 3.8) is 0 Å². The lowest BCUT2D eigenvalue weighted by Gasteiger charge is -2.30. The van der Waals surface area contributed by atoms with Crippen molar-refractivity contribution in [3.05, 3.63) is 47.6 Å². The number of benzene rings is 1. The Morgan fingerprint density at radius 1 is 1.19 bits per heavy atom. The van der Waals surface area contributed by atoms with Gasteiger partial charge in [-0.15, -0.1) is 0 Å². The van der Waals surface area contributed by atoms with Crippen molar-refractivity contribution in [2.24, 2.45) is 11.8 Å². The second kappa shape index (κ2) is 8.12. The minimum absolute atomic E-state index is 0.140. The van der Waals surface area contributed by atoms with Crippen LogP contribution in [0.5, 0.6) is 0 Å². The molecule has 1 aromatic heterocycles. The monoisotopic (exact) mass is 353 g/mol. The summed E-state index contributed by atoms with van der Waals surface area (Å²) in [5, 5.41) is 4.10. The van der Waals surface area contributed by atoms with Gasteiger partial charge in [-0.25, -0.2) is 0 Å². The Kier molecular flexibility index (Phi) is 5.44. The summed E-state index contributed by atoms with van der Waals surface area (Å²) in [7, 11) is 0. The van der Waals surface area contributed by atoms with E-state index in [1.807, 2.05) is 18.2 Å². The molecule has 26 heavy (non-hydrogen) atoms. The highest BCUT2D eigenvalue weighted by Crippen LogP contribution is 2.31. The molecular formula is C21H27N3O2. The van der Waals surface area contributed by atoms with E-state index in [2.05, 4.69) is 27.2 Å². The summed E-state index contributed by atoms with van der Waals surface area (Å²) in [5.41, 5.74) is 1.24. The molecule has 2 aliphatic rings. The van der Waals surface area contributed by atoms with Crippen LogP contribution in [0.4, 0.5) is 0 Å². The van der Waals surface area contributed by atoms with Crippen LogP contribution >= 0.6 is 0 Å². The number of likely N-dealkylation sites (tertiary alicyclic amines) is 1. The molecular weight excluding hydrogens is 326 g/mol. The highest BCUT2D eigenvalue weighted by molar-refractivity contribution is 5.81. The van der Waals surface area contributed by atoms with Crippen molar-refractivity contribution in [1.29, 1.82) is 0 Å². The van der Waals surface area contributed by atoms with Crippen LogP contribution in [0.15, 0.2) is 34.9 Å². The summed E-state index contributed by atoms with van der Waals surface area (Å²) in [4.78, 5) is 19.4. The van der Waals surface area contributed by atoms with E-state index in [-0.39, 0.29) is 5.92 Å². The van der Waals surface area contributed by atoms with Gasteiger partial charge in [0.1, 0.15) is 5.78 Å². The molecule has 0 N–H and O–H groups in total. The van der Waals surface area contributed by atoms with Crippen molar-refractivity contribution >= 4 is 5.78 Å². The van der Waals surface area contributed by atoms with Crippen LogP contribution in [0.2, 0.25) is 0 Å². The number of ketones is 1. The van der Waals surface area contributed by atoms with Crippen LogP contribution in [0.3, 0.4) is 0 Å². The highest BCUT2D eigenvalue weighted by atomic mass is 16.5. The van der Waals surface area contributed by atoms with Gasteiger partial charge in [-0.3, -0.25) is 9.69 Å². The molecule has 1 aliphatic heterocycles. The van der Waals surface area contributed by atoms with Gasteiger partial charge in [-0.05, 0) is 50.1 Å². The van der Waals surface area contributed by atoms with Crippen LogP contribution in [0.25, 0.3) is 0 Å². The first-order chi connectivity index (χ1) is 12.8. The summed E-state index contributed by atoms with van der Waals surface area (Å²) in [6.07, 6.45) is 7.07. The van der Waals surface area contributed by atoms with Crippen LogP contribution in [-0.4, -0.2) is 33.9 Å². The van der Waals surface area contributed by atoms with Crippen LogP contribution in [-0.2, 0) is 24.2 Å². The summed E-state index contributed by atoms with van der Waals surface area (Å²) in [5.74, 6) is 2.83. The van der Waals surface area contributed by atoms with Crippen molar-refractivity contribution < 1.29 is 9.32 Å². The number of rotatable bonds is 8. The molecule has 2 aromatic rings. The third-order valence-corrected chi connectivity index (χ3v) is 5.50. The molecule has 5 heteroatoms. The highest BCUT2D eigenvalue weighted by Gasteiger charge is 2.27. The molecule has 1 aliphatic carbocycles. The van der Waals surface area contributed by atoms with E-state index in [4.69, 9.17) is 4.52 Å². The average Bonchev–Trinajstić information content (AvgIpc) is 3.38. The Labute approximate surface area is 154 Å². The molecule has 1 saturated carbocycles. The Morgan fingerprint density at radius 2 is 2.04 bits per heavy atom. The molecule has 1 aromatic carbocycles. The van der Waals surface area contributed by atoms with E-state index < -0.39 is 0 Å². The standard InChI is InChI=1S/C21H27N3O2/c25-19(11-10-16-5-2-1-3-6-16)18-7-4-12-24(14-18)15-21-22-20(23-26-21)13-17-8-9-17/h1-3,5-6,17-18H,4,7-15H2/t18-/m0/s1. The van der Waals surface area contributed by atoms with Crippen molar-refractivity contribution in [2.45, 2.75) is 51.5 Å². The van der Waals surface area contributed by atoms with Gasteiger partial charge >= 0.3 is 0 Å². The van der Waals surface area contributed by atoms with E-state index in [9.17, 15) is 4.79 Å². The molecule has 0 bridgehead atoms. The van der Waals surface area contributed by atoms with Crippen molar-refractivity contribution in [3.8, 4) is 0 Å². The largest absolute Gasteiger partial charge is 0.338 e. The number of Topliss-reactive ketones (excluding diaryl/α,β-unsaturated/α-hetero) is 1. The summed E-state index contributed by atoms with van der Waals surface area (Å²) < 4.78 is 5.41. The fraction of sp³-hybridized carbons (Fsp3) is 0.571. The number of hydrogen-bond donors (Lipinski definition) is 0. The first kappa shape index (κ1) is 17.4. The molecule has 1 atom stereocenters. The Hall–Kier alpha value is -2.01. The Morgan fingerprint density at radius 3 is 2.85 bits per heavy atom. The van der Waals surface area contributed by atoms with Gasteiger partial charge in [-0.1, -0.05) is 35.5 Å². The first-order valence-corrected chi connectivity index (χ1v) is 9.87. The molecule has 138 valence electrons. The van der Waals surface area contributed by atoms with Gasteiger partial charge in [0.15, 0.2) is 5.82 Å². The molecule has 5 nitrogen and oxygen atoms in total. The summed E-state index contributed by atoms with van der Waals surface area (Å²) in [6.45, 7) is 2.48. The minimum atomic E-state index is 0.140. The third kappa shape index (κ3) is 4.79. The molecule has 0 unspecified atom stereocenters. The molecule has 2 fully saturated rings. The number of hydrogen-bond acceptors (Lipinski definition) is 5. The molecule has 2 heterocycles.